The van der Waals surface area contributed by atoms with Gasteiger partial charge in [-0.1, -0.05) is 35.3 Å². The maximum absolute atomic E-state index is 12.3. The third-order valence-corrected chi connectivity index (χ3v) is 5.76. The highest BCUT2D eigenvalue weighted by Gasteiger charge is 2.36. The number of halogens is 2. The average molecular weight is 482 g/mol. The molecule has 7 nitrogen and oxygen atoms in total. The van der Waals surface area contributed by atoms with Crippen molar-refractivity contribution >= 4 is 58.2 Å². The van der Waals surface area contributed by atoms with E-state index in [0.717, 1.165) is 5.56 Å². The van der Waals surface area contributed by atoms with Gasteiger partial charge in [-0.3, -0.25) is 19.3 Å². The van der Waals surface area contributed by atoms with Crippen LogP contribution in [0.4, 0.5) is 4.79 Å². The topological polar surface area (TPSA) is 93.1 Å². The number of rotatable bonds is 8. The molecule has 0 aliphatic carbocycles. The summed E-state index contributed by atoms with van der Waals surface area (Å²) >= 11 is 12.6. The number of ether oxygens (including phenoxy) is 2. The minimum Gasteiger partial charge on any atom is -0.490 e. The van der Waals surface area contributed by atoms with Gasteiger partial charge in [0.25, 0.3) is 11.1 Å². The van der Waals surface area contributed by atoms with Gasteiger partial charge in [-0.25, -0.2) is 0 Å². The normalized spacial score (nSPS) is 14.9. The van der Waals surface area contributed by atoms with Crippen LogP contribution in [-0.2, 0) is 16.2 Å². The fourth-order valence-electron chi connectivity index (χ4n) is 2.72. The van der Waals surface area contributed by atoms with Gasteiger partial charge < -0.3 is 14.6 Å². The molecule has 31 heavy (non-hydrogen) atoms. The Morgan fingerprint density at radius 3 is 2.55 bits per heavy atom. The monoisotopic (exact) mass is 481 g/mol. The van der Waals surface area contributed by atoms with Crippen molar-refractivity contribution in [3.8, 4) is 11.5 Å². The fraction of sp³-hybridized carbons (Fsp3) is 0.190. The molecule has 0 spiro atoms. The molecule has 0 atom stereocenters. The summed E-state index contributed by atoms with van der Waals surface area (Å²) in [6.07, 6.45) is 1.51. The molecule has 3 rings (SSSR count). The number of aliphatic carboxylic acids is 1. The van der Waals surface area contributed by atoms with Gasteiger partial charge in [-0.2, -0.15) is 0 Å². The molecule has 0 aromatic heterocycles. The maximum Gasteiger partial charge on any atom is 0.323 e. The van der Waals surface area contributed by atoms with Crippen LogP contribution in [0.2, 0.25) is 10.0 Å². The zero-order valence-corrected chi connectivity index (χ0v) is 18.6. The van der Waals surface area contributed by atoms with Gasteiger partial charge in [0.15, 0.2) is 11.5 Å². The Labute approximate surface area is 192 Å². The quantitative estimate of drug-likeness (QED) is 0.524. The SMILES string of the molecule is CCOc1cc(/C=C2/SC(=O)N(CC(=O)O)C2=O)ccc1OCc1ccc(Cl)c(Cl)c1. The van der Waals surface area contributed by atoms with Crippen LogP contribution in [0.3, 0.4) is 0 Å². The summed E-state index contributed by atoms with van der Waals surface area (Å²) in [6, 6.07) is 10.3. The number of nitrogens with zero attached hydrogens (tertiary/aromatic N) is 1. The third-order valence-electron chi connectivity index (χ3n) is 4.11. The van der Waals surface area contributed by atoms with Gasteiger partial charge in [0.05, 0.1) is 21.6 Å². The van der Waals surface area contributed by atoms with Crippen molar-refractivity contribution in [1.29, 1.82) is 0 Å². The molecule has 10 heteroatoms. The van der Waals surface area contributed by atoms with Crippen molar-refractivity contribution in [1.82, 2.24) is 4.90 Å². The number of carbonyl (C=O) groups excluding carboxylic acids is 2. The van der Waals surface area contributed by atoms with Crippen molar-refractivity contribution in [2.75, 3.05) is 13.2 Å². The predicted octanol–water partition coefficient (Wildman–Crippen LogP) is 5.09. The number of amides is 2. The van der Waals surface area contributed by atoms with Crippen molar-refractivity contribution < 1.29 is 29.0 Å². The van der Waals surface area contributed by atoms with Gasteiger partial charge >= 0.3 is 5.97 Å². The summed E-state index contributed by atoms with van der Waals surface area (Å²) in [7, 11) is 0. The smallest absolute Gasteiger partial charge is 0.323 e. The van der Waals surface area contributed by atoms with E-state index in [1.165, 1.54) is 6.08 Å². The van der Waals surface area contributed by atoms with Gasteiger partial charge in [0, 0.05) is 0 Å². The number of thioether (sulfide) groups is 1. The summed E-state index contributed by atoms with van der Waals surface area (Å²) in [5.74, 6) is -0.953. The Balaban J connectivity index is 1.79. The molecule has 1 heterocycles. The number of carboxylic acid groups (broad SMARTS) is 1. The van der Waals surface area contributed by atoms with Crippen LogP contribution < -0.4 is 9.47 Å². The van der Waals surface area contributed by atoms with Crippen molar-refractivity contribution in [3.05, 3.63) is 62.5 Å². The number of hydrogen-bond acceptors (Lipinski definition) is 6. The first kappa shape index (κ1) is 23.0. The second-order valence-electron chi connectivity index (χ2n) is 6.34. The standard InChI is InChI=1S/C21H17Cl2NO6S/c1-2-29-17-8-12(9-18-20(27)24(10-19(25)26)21(28)31-18)4-6-16(17)30-11-13-3-5-14(22)15(23)7-13/h3-9H,2,10-11H2,1H3,(H,25,26)/b18-9+. The van der Waals surface area contributed by atoms with Crippen LogP contribution in [0.15, 0.2) is 41.3 Å². The molecule has 2 amide bonds. The highest BCUT2D eigenvalue weighted by Crippen LogP contribution is 2.35. The first-order valence-corrected chi connectivity index (χ1v) is 10.7. The van der Waals surface area contributed by atoms with E-state index in [9.17, 15) is 14.4 Å². The molecule has 0 radical (unpaired) electrons. The zero-order valence-electron chi connectivity index (χ0n) is 16.3. The number of hydrogen-bond donors (Lipinski definition) is 1. The van der Waals surface area contributed by atoms with Crippen molar-refractivity contribution in [2.45, 2.75) is 13.5 Å². The summed E-state index contributed by atoms with van der Waals surface area (Å²) in [4.78, 5) is 35.9. The average Bonchev–Trinajstić information content (AvgIpc) is 2.97. The molecule has 1 fully saturated rings. The van der Waals surface area contributed by atoms with Gasteiger partial charge in [0.1, 0.15) is 13.2 Å². The third kappa shape index (κ3) is 5.72. The lowest BCUT2D eigenvalue weighted by Crippen LogP contribution is -2.33. The second-order valence-corrected chi connectivity index (χ2v) is 8.15. The molecule has 162 valence electrons. The molecule has 2 aromatic rings. The van der Waals surface area contributed by atoms with E-state index in [4.69, 9.17) is 37.8 Å². The Bertz CT molecular complexity index is 1070. The van der Waals surface area contributed by atoms with Gasteiger partial charge in [0.2, 0.25) is 0 Å². The Hall–Kier alpha value is -2.68. The molecule has 2 aromatic carbocycles. The fourth-order valence-corrected chi connectivity index (χ4v) is 3.87. The molecule has 0 unspecified atom stereocenters. The van der Waals surface area contributed by atoms with Crippen LogP contribution in [0.5, 0.6) is 11.5 Å². The molecule has 0 bridgehead atoms. The van der Waals surface area contributed by atoms with E-state index in [-0.39, 0.29) is 11.5 Å². The van der Waals surface area contributed by atoms with Crippen molar-refractivity contribution in [2.24, 2.45) is 0 Å². The lowest BCUT2D eigenvalue weighted by Gasteiger charge is -2.13. The van der Waals surface area contributed by atoms with E-state index in [1.807, 2.05) is 6.92 Å². The number of benzene rings is 2. The minimum absolute atomic E-state index is 0.137. The summed E-state index contributed by atoms with van der Waals surface area (Å²) < 4.78 is 11.5. The lowest BCUT2D eigenvalue weighted by atomic mass is 10.1. The molecule has 0 saturated carbocycles. The largest absolute Gasteiger partial charge is 0.490 e. The van der Waals surface area contributed by atoms with Crippen LogP contribution in [-0.4, -0.2) is 40.3 Å². The summed E-state index contributed by atoms with van der Waals surface area (Å²) in [5.41, 5.74) is 1.43. The number of carboxylic acids is 1. The molecule has 1 aliphatic heterocycles. The first-order valence-electron chi connectivity index (χ1n) is 9.09. The van der Waals surface area contributed by atoms with Gasteiger partial charge in [-0.15, -0.1) is 0 Å². The van der Waals surface area contributed by atoms with E-state index in [1.54, 1.807) is 36.4 Å². The zero-order chi connectivity index (χ0) is 22.5. The molecule has 1 saturated heterocycles. The Morgan fingerprint density at radius 1 is 1.10 bits per heavy atom. The van der Waals surface area contributed by atoms with E-state index >= 15 is 0 Å². The highest BCUT2D eigenvalue weighted by atomic mass is 35.5. The van der Waals surface area contributed by atoms with E-state index < -0.39 is 23.7 Å². The van der Waals surface area contributed by atoms with Crippen LogP contribution in [0, 0.1) is 0 Å². The van der Waals surface area contributed by atoms with Crippen LogP contribution >= 0.6 is 35.0 Å². The van der Waals surface area contributed by atoms with Crippen LogP contribution in [0.25, 0.3) is 6.08 Å². The molecular formula is C21H17Cl2NO6S. The van der Waals surface area contributed by atoms with E-state index in [2.05, 4.69) is 0 Å². The summed E-state index contributed by atoms with van der Waals surface area (Å²) in [6.45, 7) is 1.78. The molecular weight excluding hydrogens is 465 g/mol. The Kier molecular flexibility index (Phi) is 7.48. The Morgan fingerprint density at radius 2 is 1.87 bits per heavy atom. The highest BCUT2D eigenvalue weighted by molar-refractivity contribution is 8.18. The van der Waals surface area contributed by atoms with Crippen molar-refractivity contribution in [3.63, 3.8) is 0 Å². The lowest BCUT2D eigenvalue weighted by molar-refractivity contribution is -0.140. The number of carbonyl (C=O) groups is 3. The first-order chi connectivity index (χ1) is 14.8. The van der Waals surface area contributed by atoms with Gasteiger partial charge in [-0.05, 0) is 60.2 Å². The minimum atomic E-state index is -1.26. The predicted molar refractivity (Wildman–Crippen MR) is 119 cm³/mol. The van der Waals surface area contributed by atoms with Crippen LogP contribution in [0.1, 0.15) is 18.1 Å². The second kappa shape index (κ2) is 10.1. The molecule has 1 N–H and O–H groups in total. The summed E-state index contributed by atoms with van der Waals surface area (Å²) in [5, 5.41) is 9.12. The van der Waals surface area contributed by atoms with E-state index in [0.29, 0.717) is 50.4 Å². The maximum atomic E-state index is 12.3. The molecule has 1 aliphatic rings. The number of imide groups is 1.